The Balaban J connectivity index is 1.82. The lowest BCUT2D eigenvalue weighted by molar-refractivity contribution is 0.0939. The minimum Gasteiger partial charge on any atom is -0.346 e. The summed E-state index contributed by atoms with van der Waals surface area (Å²) >= 11 is 0. The van der Waals surface area contributed by atoms with Gasteiger partial charge in [-0.2, -0.15) is 4.31 Å². The van der Waals surface area contributed by atoms with E-state index in [2.05, 4.69) is 5.32 Å². The first-order valence-corrected chi connectivity index (χ1v) is 10.7. The molecule has 3 rings (SSSR count). The van der Waals surface area contributed by atoms with Crippen molar-refractivity contribution >= 4 is 15.9 Å². The summed E-state index contributed by atoms with van der Waals surface area (Å²) in [5.41, 5.74) is 3.18. The number of benzene rings is 2. The van der Waals surface area contributed by atoms with Crippen molar-refractivity contribution in [3.8, 4) is 0 Å². The van der Waals surface area contributed by atoms with Crippen molar-refractivity contribution in [2.24, 2.45) is 0 Å². The van der Waals surface area contributed by atoms with E-state index in [0.29, 0.717) is 24.2 Å². The van der Waals surface area contributed by atoms with E-state index < -0.39 is 10.0 Å². The third-order valence-corrected chi connectivity index (χ3v) is 7.10. The van der Waals surface area contributed by atoms with Crippen LogP contribution >= 0.6 is 0 Å². The second kappa shape index (κ2) is 7.82. The molecule has 0 bridgehead atoms. The highest BCUT2D eigenvalue weighted by Crippen LogP contribution is 2.25. The van der Waals surface area contributed by atoms with Crippen LogP contribution in [0.1, 0.15) is 52.9 Å². The van der Waals surface area contributed by atoms with Crippen LogP contribution in [0.5, 0.6) is 0 Å². The average molecular weight is 387 g/mol. The van der Waals surface area contributed by atoms with E-state index in [4.69, 9.17) is 0 Å². The van der Waals surface area contributed by atoms with Gasteiger partial charge in [0.2, 0.25) is 10.0 Å². The lowest BCUT2D eigenvalue weighted by Gasteiger charge is -2.19. The Morgan fingerprint density at radius 3 is 2.30 bits per heavy atom. The fraction of sp³-hybridized carbons (Fsp3) is 0.381. The van der Waals surface area contributed by atoms with Gasteiger partial charge in [0, 0.05) is 18.7 Å². The summed E-state index contributed by atoms with van der Waals surface area (Å²) in [7, 11) is -3.56. The summed E-state index contributed by atoms with van der Waals surface area (Å²) < 4.78 is 27.3. The fourth-order valence-corrected chi connectivity index (χ4v) is 5.07. The molecule has 2 aromatic rings. The molecule has 0 spiro atoms. The first kappa shape index (κ1) is 19.6. The number of carbonyl (C=O) groups excluding carboxylic acids is 1. The van der Waals surface area contributed by atoms with Crippen molar-refractivity contribution in [1.29, 1.82) is 0 Å². The van der Waals surface area contributed by atoms with Crippen LogP contribution in [-0.2, 0) is 10.0 Å². The summed E-state index contributed by atoms with van der Waals surface area (Å²) in [6.07, 6.45) is 1.76. The molecular weight excluding hydrogens is 360 g/mol. The number of carbonyl (C=O) groups is 1. The molecule has 1 aliphatic heterocycles. The van der Waals surface area contributed by atoms with Crippen LogP contribution in [0.2, 0.25) is 0 Å². The van der Waals surface area contributed by atoms with Crippen LogP contribution in [-0.4, -0.2) is 31.7 Å². The lowest BCUT2D eigenvalue weighted by atomic mass is 10.1. The van der Waals surface area contributed by atoms with Gasteiger partial charge >= 0.3 is 0 Å². The van der Waals surface area contributed by atoms with Gasteiger partial charge in [0.15, 0.2) is 0 Å². The van der Waals surface area contributed by atoms with Gasteiger partial charge in [-0.15, -0.1) is 0 Å². The Bertz CT molecular complexity index is 930. The molecule has 5 nitrogen and oxygen atoms in total. The predicted octanol–water partition coefficient (Wildman–Crippen LogP) is 3.58. The highest BCUT2D eigenvalue weighted by molar-refractivity contribution is 7.89. The molecule has 1 saturated heterocycles. The molecular formula is C21H26N2O3S. The minimum atomic E-state index is -3.56. The van der Waals surface area contributed by atoms with Crippen molar-refractivity contribution < 1.29 is 13.2 Å². The van der Waals surface area contributed by atoms with Gasteiger partial charge in [-0.05, 0) is 56.9 Å². The van der Waals surface area contributed by atoms with Gasteiger partial charge in [-0.25, -0.2) is 8.42 Å². The molecule has 1 amide bonds. The number of rotatable bonds is 5. The smallest absolute Gasteiger partial charge is 0.251 e. The van der Waals surface area contributed by atoms with Crippen LogP contribution < -0.4 is 5.32 Å². The third-order valence-electron chi connectivity index (χ3n) is 5.06. The second-order valence-corrected chi connectivity index (χ2v) is 9.10. The van der Waals surface area contributed by atoms with Crippen LogP contribution in [0, 0.1) is 13.8 Å². The van der Waals surface area contributed by atoms with Crippen molar-refractivity contribution in [2.75, 3.05) is 13.1 Å². The van der Waals surface area contributed by atoms with Crippen LogP contribution in [0.15, 0.2) is 47.4 Å². The molecule has 1 aliphatic rings. The van der Waals surface area contributed by atoms with E-state index in [-0.39, 0.29) is 16.8 Å². The largest absolute Gasteiger partial charge is 0.346 e. The third kappa shape index (κ3) is 4.22. The summed E-state index contributed by atoms with van der Waals surface area (Å²) in [6.45, 7) is 6.78. The molecule has 0 unspecified atom stereocenters. The molecule has 0 saturated carbocycles. The normalized spacial score (nSPS) is 16.3. The number of aryl methyl sites for hydroxylation is 2. The molecule has 1 N–H and O–H groups in total. The Morgan fingerprint density at radius 2 is 1.67 bits per heavy atom. The first-order chi connectivity index (χ1) is 12.8. The second-order valence-electron chi connectivity index (χ2n) is 7.20. The maximum Gasteiger partial charge on any atom is 0.251 e. The molecule has 0 radical (unpaired) electrons. The number of nitrogens with zero attached hydrogens (tertiary/aromatic N) is 1. The van der Waals surface area contributed by atoms with Gasteiger partial charge in [0.1, 0.15) is 0 Å². The Labute approximate surface area is 161 Å². The van der Waals surface area contributed by atoms with Gasteiger partial charge in [0.05, 0.1) is 10.9 Å². The monoisotopic (exact) mass is 386 g/mol. The standard InChI is InChI=1S/C21H26N2O3S/c1-15-6-9-18(10-7-15)17(3)22-21(24)19-11-8-16(2)20(14-19)27(25,26)23-12-4-5-13-23/h6-11,14,17H,4-5,12-13H2,1-3H3,(H,22,24)/t17-/m0/s1. The van der Waals surface area contributed by atoms with E-state index in [9.17, 15) is 13.2 Å². The Hall–Kier alpha value is -2.18. The zero-order chi connectivity index (χ0) is 19.6. The molecule has 0 aromatic heterocycles. The number of sulfonamides is 1. The van der Waals surface area contributed by atoms with Crippen molar-refractivity contribution in [1.82, 2.24) is 9.62 Å². The summed E-state index contributed by atoms with van der Waals surface area (Å²) in [5.74, 6) is -0.277. The van der Waals surface area contributed by atoms with E-state index in [1.807, 2.05) is 38.1 Å². The number of hydrogen-bond acceptors (Lipinski definition) is 3. The average Bonchev–Trinajstić information content (AvgIpc) is 3.18. The maximum atomic E-state index is 12.9. The van der Waals surface area contributed by atoms with Crippen LogP contribution in [0.3, 0.4) is 0 Å². The zero-order valence-electron chi connectivity index (χ0n) is 16.0. The van der Waals surface area contributed by atoms with E-state index in [0.717, 1.165) is 24.0 Å². The topological polar surface area (TPSA) is 66.5 Å². The van der Waals surface area contributed by atoms with Gasteiger partial charge in [-0.1, -0.05) is 35.9 Å². The summed E-state index contributed by atoms with van der Waals surface area (Å²) in [5, 5.41) is 2.95. The first-order valence-electron chi connectivity index (χ1n) is 9.27. The minimum absolute atomic E-state index is 0.168. The molecule has 6 heteroatoms. The van der Waals surface area contributed by atoms with Crippen LogP contribution in [0.25, 0.3) is 0 Å². The molecule has 144 valence electrons. The van der Waals surface area contributed by atoms with E-state index in [1.165, 1.54) is 10.4 Å². The van der Waals surface area contributed by atoms with E-state index in [1.54, 1.807) is 19.1 Å². The van der Waals surface area contributed by atoms with Gasteiger partial charge < -0.3 is 5.32 Å². The highest BCUT2D eigenvalue weighted by Gasteiger charge is 2.29. The molecule has 27 heavy (non-hydrogen) atoms. The van der Waals surface area contributed by atoms with Crippen LogP contribution in [0.4, 0.5) is 0 Å². The summed E-state index contributed by atoms with van der Waals surface area (Å²) in [4.78, 5) is 12.9. The summed E-state index contributed by atoms with van der Waals surface area (Å²) in [6, 6.07) is 12.7. The molecule has 2 aromatic carbocycles. The van der Waals surface area contributed by atoms with Crippen molar-refractivity contribution in [3.63, 3.8) is 0 Å². The maximum absolute atomic E-state index is 12.9. The number of amides is 1. The molecule has 0 aliphatic carbocycles. The number of hydrogen-bond donors (Lipinski definition) is 1. The van der Waals surface area contributed by atoms with Crippen molar-refractivity contribution in [3.05, 3.63) is 64.7 Å². The quantitative estimate of drug-likeness (QED) is 0.854. The highest BCUT2D eigenvalue weighted by atomic mass is 32.2. The van der Waals surface area contributed by atoms with Gasteiger partial charge in [-0.3, -0.25) is 4.79 Å². The number of nitrogens with one attached hydrogen (secondary N) is 1. The SMILES string of the molecule is Cc1ccc([C@H](C)NC(=O)c2ccc(C)c(S(=O)(=O)N3CCCC3)c2)cc1. The molecule has 1 atom stereocenters. The predicted molar refractivity (Wildman–Crippen MR) is 106 cm³/mol. The van der Waals surface area contributed by atoms with E-state index >= 15 is 0 Å². The zero-order valence-corrected chi connectivity index (χ0v) is 16.8. The Kier molecular flexibility index (Phi) is 5.67. The lowest BCUT2D eigenvalue weighted by Crippen LogP contribution is -2.30. The fourth-order valence-electron chi connectivity index (χ4n) is 3.31. The molecule has 1 fully saturated rings. The van der Waals surface area contributed by atoms with Gasteiger partial charge in [0.25, 0.3) is 5.91 Å². The van der Waals surface area contributed by atoms with Crippen molar-refractivity contribution in [2.45, 2.75) is 44.6 Å². The molecule has 1 heterocycles. The Morgan fingerprint density at radius 1 is 1.04 bits per heavy atom.